The van der Waals surface area contributed by atoms with Crippen LogP contribution in [0.15, 0.2) is 46.9 Å². The molecule has 0 fully saturated rings. The van der Waals surface area contributed by atoms with E-state index in [9.17, 15) is 13.2 Å². The molecule has 1 aromatic heterocycles. The summed E-state index contributed by atoms with van der Waals surface area (Å²) >= 11 is 0. The number of benzene rings is 2. The van der Waals surface area contributed by atoms with Gasteiger partial charge in [-0.2, -0.15) is 13.2 Å². The number of nitrogens with two attached hydrogens (primary N) is 1. The van der Waals surface area contributed by atoms with Crippen LogP contribution in [0.1, 0.15) is 5.56 Å². The fourth-order valence-corrected chi connectivity index (χ4v) is 1.92. The number of halogens is 3. The minimum atomic E-state index is -4.40. The number of nitrogen functional groups attached to an aromatic ring is 1. The van der Waals surface area contributed by atoms with Crippen LogP contribution in [-0.4, -0.2) is 4.98 Å². The molecule has 3 rings (SSSR count). The molecule has 102 valence electrons. The summed E-state index contributed by atoms with van der Waals surface area (Å²) in [5.41, 5.74) is 6.57. The van der Waals surface area contributed by atoms with E-state index in [-0.39, 0.29) is 11.5 Å². The Kier molecular flexibility index (Phi) is 2.67. The van der Waals surface area contributed by atoms with Crippen molar-refractivity contribution in [2.45, 2.75) is 6.18 Å². The highest BCUT2D eigenvalue weighted by Gasteiger charge is 2.30. The van der Waals surface area contributed by atoms with Crippen LogP contribution in [0.2, 0.25) is 0 Å². The molecule has 20 heavy (non-hydrogen) atoms. The van der Waals surface area contributed by atoms with Gasteiger partial charge in [-0.05, 0) is 30.3 Å². The number of anilines is 1. The molecule has 0 unspecified atom stereocenters. The Balaban J connectivity index is 2.14. The fraction of sp³-hybridized carbons (Fsp3) is 0.0714. The van der Waals surface area contributed by atoms with Gasteiger partial charge in [0.1, 0.15) is 5.52 Å². The minimum Gasteiger partial charge on any atom is -0.436 e. The van der Waals surface area contributed by atoms with Crippen molar-refractivity contribution in [1.82, 2.24) is 4.98 Å². The molecule has 0 aliphatic rings. The van der Waals surface area contributed by atoms with Gasteiger partial charge < -0.3 is 10.2 Å². The molecule has 3 aromatic rings. The van der Waals surface area contributed by atoms with Crippen molar-refractivity contribution in [3.63, 3.8) is 0 Å². The lowest BCUT2D eigenvalue weighted by molar-refractivity contribution is -0.137. The summed E-state index contributed by atoms with van der Waals surface area (Å²) in [6.45, 7) is 0. The monoisotopic (exact) mass is 278 g/mol. The molecule has 0 saturated heterocycles. The van der Waals surface area contributed by atoms with Gasteiger partial charge in [-0.15, -0.1) is 0 Å². The third kappa shape index (κ3) is 2.09. The molecule has 6 heteroatoms. The number of rotatable bonds is 1. The first-order chi connectivity index (χ1) is 9.45. The average Bonchev–Trinajstić information content (AvgIpc) is 2.83. The number of para-hydroxylation sites is 1. The zero-order valence-corrected chi connectivity index (χ0v) is 10.1. The van der Waals surface area contributed by atoms with Gasteiger partial charge in [-0.25, -0.2) is 4.98 Å². The summed E-state index contributed by atoms with van der Waals surface area (Å²) in [7, 11) is 0. The van der Waals surface area contributed by atoms with Crippen molar-refractivity contribution in [3.8, 4) is 11.5 Å². The van der Waals surface area contributed by atoms with Gasteiger partial charge in [-0.1, -0.05) is 12.1 Å². The van der Waals surface area contributed by atoms with Crippen molar-refractivity contribution < 1.29 is 17.6 Å². The van der Waals surface area contributed by atoms with Crippen LogP contribution >= 0.6 is 0 Å². The van der Waals surface area contributed by atoms with Crippen molar-refractivity contribution in [2.24, 2.45) is 0 Å². The largest absolute Gasteiger partial charge is 0.436 e. The van der Waals surface area contributed by atoms with Gasteiger partial charge in [0.25, 0.3) is 0 Å². The Morgan fingerprint density at radius 3 is 2.50 bits per heavy atom. The summed E-state index contributed by atoms with van der Waals surface area (Å²) in [5.74, 6) is 0.115. The maximum Gasteiger partial charge on any atom is 0.416 e. The first-order valence-corrected chi connectivity index (χ1v) is 5.78. The minimum absolute atomic E-state index is 0.115. The van der Waals surface area contributed by atoms with Gasteiger partial charge >= 0.3 is 6.18 Å². The standard InChI is InChI=1S/C14H9F3N2O/c15-14(16,17)9-4-1-3-8(7-9)13-19-12-10(18)5-2-6-11(12)20-13/h1-7H,18H2. The summed E-state index contributed by atoms with van der Waals surface area (Å²) in [6.07, 6.45) is -4.40. The zero-order valence-electron chi connectivity index (χ0n) is 10.1. The first-order valence-electron chi connectivity index (χ1n) is 5.78. The lowest BCUT2D eigenvalue weighted by Crippen LogP contribution is -2.04. The molecule has 0 amide bonds. The predicted octanol–water partition coefficient (Wildman–Crippen LogP) is 4.10. The van der Waals surface area contributed by atoms with E-state index in [0.29, 0.717) is 16.8 Å². The topological polar surface area (TPSA) is 52.0 Å². The second-order valence-electron chi connectivity index (χ2n) is 4.29. The van der Waals surface area contributed by atoms with E-state index in [1.807, 2.05) is 0 Å². The fourth-order valence-electron chi connectivity index (χ4n) is 1.92. The van der Waals surface area contributed by atoms with Gasteiger partial charge in [-0.3, -0.25) is 0 Å². The van der Waals surface area contributed by atoms with Crippen molar-refractivity contribution in [3.05, 3.63) is 48.0 Å². The molecule has 0 spiro atoms. The van der Waals surface area contributed by atoms with Crippen molar-refractivity contribution in [1.29, 1.82) is 0 Å². The number of hydrogen-bond donors (Lipinski definition) is 1. The molecule has 0 radical (unpaired) electrons. The number of nitrogens with zero attached hydrogens (tertiary/aromatic N) is 1. The Morgan fingerprint density at radius 2 is 1.80 bits per heavy atom. The number of aromatic nitrogens is 1. The number of hydrogen-bond acceptors (Lipinski definition) is 3. The second-order valence-corrected chi connectivity index (χ2v) is 4.29. The molecule has 3 nitrogen and oxygen atoms in total. The quantitative estimate of drug-likeness (QED) is 0.682. The normalized spacial score (nSPS) is 11.9. The van der Waals surface area contributed by atoms with E-state index in [1.165, 1.54) is 12.1 Å². The average molecular weight is 278 g/mol. The Bertz CT molecular complexity index is 777. The first kappa shape index (κ1) is 12.5. The van der Waals surface area contributed by atoms with Crippen LogP contribution in [0.3, 0.4) is 0 Å². The Morgan fingerprint density at radius 1 is 1.05 bits per heavy atom. The third-order valence-corrected chi connectivity index (χ3v) is 2.89. The molecular formula is C14H9F3N2O. The highest BCUT2D eigenvalue weighted by Crippen LogP contribution is 2.33. The van der Waals surface area contributed by atoms with E-state index >= 15 is 0 Å². The van der Waals surface area contributed by atoms with E-state index in [4.69, 9.17) is 10.2 Å². The molecular weight excluding hydrogens is 269 g/mol. The molecule has 0 aliphatic carbocycles. The van der Waals surface area contributed by atoms with Crippen LogP contribution in [0.25, 0.3) is 22.6 Å². The summed E-state index contributed by atoms with van der Waals surface area (Å²) in [5, 5.41) is 0. The highest BCUT2D eigenvalue weighted by atomic mass is 19.4. The summed E-state index contributed by atoms with van der Waals surface area (Å²) in [6, 6.07) is 9.84. The van der Waals surface area contributed by atoms with Gasteiger partial charge in [0.05, 0.1) is 11.3 Å². The number of fused-ring (bicyclic) bond motifs is 1. The molecule has 0 bridgehead atoms. The lowest BCUT2D eigenvalue weighted by Gasteiger charge is -2.06. The van der Waals surface area contributed by atoms with Crippen LogP contribution in [0, 0.1) is 0 Å². The maximum absolute atomic E-state index is 12.7. The molecule has 1 heterocycles. The van der Waals surface area contributed by atoms with Gasteiger partial charge in [0, 0.05) is 5.56 Å². The number of alkyl halides is 3. The molecule has 0 aliphatic heterocycles. The molecule has 0 atom stereocenters. The van der Waals surface area contributed by atoms with Gasteiger partial charge in [0.2, 0.25) is 5.89 Å². The SMILES string of the molecule is Nc1cccc2oc(-c3cccc(C(F)(F)F)c3)nc12. The van der Waals surface area contributed by atoms with Crippen LogP contribution in [0.5, 0.6) is 0 Å². The van der Waals surface area contributed by atoms with Crippen LogP contribution in [0.4, 0.5) is 18.9 Å². The molecule has 2 N–H and O–H groups in total. The Hall–Kier alpha value is -2.50. The molecule has 0 saturated carbocycles. The van der Waals surface area contributed by atoms with E-state index in [2.05, 4.69) is 4.98 Å². The van der Waals surface area contributed by atoms with E-state index in [0.717, 1.165) is 12.1 Å². The zero-order chi connectivity index (χ0) is 14.3. The number of oxazole rings is 1. The summed E-state index contributed by atoms with van der Waals surface area (Å²) in [4.78, 5) is 4.15. The van der Waals surface area contributed by atoms with Crippen LogP contribution < -0.4 is 5.73 Å². The third-order valence-electron chi connectivity index (χ3n) is 2.89. The van der Waals surface area contributed by atoms with Gasteiger partial charge in [0.15, 0.2) is 5.58 Å². The van der Waals surface area contributed by atoms with Crippen molar-refractivity contribution in [2.75, 3.05) is 5.73 Å². The van der Waals surface area contributed by atoms with E-state index in [1.54, 1.807) is 18.2 Å². The van der Waals surface area contributed by atoms with Crippen molar-refractivity contribution >= 4 is 16.8 Å². The highest BCUT2D eigenvalue weighted by molar-refractivity contribution is 5.87. The van der Waals surface area contributed by atoms with Crippen LogP contribution in [-0.2, 0) is 6.18 Å². The molecule has 2 aromatic carbocycles. The lowest BCUT2D eigenvalue weighted by atomic mass is 10.1. The predicted molar refractivity (Wildman–Crippen MR) is 68.9 cm³/mol. The Labute approximate surface area is 111 Å². The second kappa shape index (κ2) is 4.26. The summed E-state index contributed by atoms with van der Waals surface area (Å²) < 4.78 is 43.5. The smallest absolute Gasteiger partial charge is 0.416 e. The van der Waals surface area contributed by atoms with E-state index < -0.39 is 11.7 Å². The maximum atomic E-state index is 12.7.